The van der Waals surface area contributed by atoms with Gasteiger partial charge in [-0.25, -0.2) is 9.37 Å². The van der Waals surface area contributed by atoms with Crippen LogP contribution in [0.2, 0.25) is 5.15 Å². The number of rotatable bonds is 6. The molecule has 0 aliphatic heterocycles. The van der Waals surface area contributed by atoms with Crippen molar-refractivity contribution in [1.29, 1.82) is 0 Å². The average molecular weight is 475 g/mol. The summed E-state index contributed by atoms with van der Waals surface area (Å²) in [4.78, 5) is 16.6. The van der Waals surface area contributed by atoms with Crippen molar-refractivity contribution < 1.29 is 4.39 Å². The lowest BCUT2D eigenvalue weighted by Crippen LogP contribution is -2.22. The quantitative estimate of drug-likeness (QED) is 0.312. The molecule has 2 heterocycles. The van der Waals surface area contributed by atoms with Crippen LogP contribution in [0, 0.1) is 19.7 Å². The summed E-state index contributed by atoms with van der Waals surface area (Å²) >= 11 is 7.47. The van der Waals surface area contributed by atoms with E-state index >= 15 is 0 Å². The predicted molar refractivity (Wildman–Crippen MR) is 134 cm³/mol. The van der Waals surface area contributed by atoms with Gasteiger partial charge in [0.15, 0.2) is 0 Å². The summed E-state index contributed by atoms with van der Waals surface area (Å²) in [5.41, 5.74) is 3.54. The zero-order valence-electron chi connectivity index (χ0n) is 18.9. The summed E-state index contributed by atoms with van der Waals surface area (Å²) in [6, 6.07) is 10.6. The van der Waals surface area contributed by atoms with Gasteiger partial charge in [-0.1, -0.05) is 37.6 Å². The number of anilines is 3. The molecule has 170 valence electrons. The molecular weight excluding hydrogens is 447 g/mol. The fourth-order valence-electron chi connectivity index (χ4n) is 3.37. The molecule has 2 N–H and O–H groups in total. The normalized spacial score (nSPS) is 16.7. The minimum absolute atomic E-state index is 0.128. The van der Waals surface area contributed by atoms with Crippen LogP contribution >= 0.6 is 23.5 Å². The summed E-state index contributed by atoms with van der Waals surface area (Å²) < 4.78 is 19.3. The van der Waals surface area contributed by atoms with Gasteiger partial charge in [-0.2, -0.15) is 0 Å². The van der Waals surface area contributed by atoms with Crippen molar-refractivity contribution in [3.05, 3.63) is 80.6 Å². The van der Waals surface area contributed by atoms with E-state index in [-0.39, 0.29) is 11.4 Å². The van der Waals surface area contributed by atoms with Gasteiger partial charge in [0.05, 0.1) is 11.4 Å². The van der Waals surface area contributed by atoms with E-state index in [1.165, 1.54) is 10.6 Å². The Morgan fingerprint density at radius 3 is 2.56 bits per heavy atom. The number of aromatic nitrogens is 2. The molecule has 32 heavy (non-hydrogen) atoms. The molecule has 1 aliphatic carbocycles. The van der Waals surface area contributed by atoms with Gasteiger partial charge in [-0.05, 0) is 67.6 Å². The number of benzene rings is 1. The van der Waals surface area contributed by atoms with E-state index in [4.69, 9.17) is 11.6 Å². The van der Waals surface area contributed by atoms with Crippen LogP contribution in [0.15, 0.2) is 47.4 Å². The van der Waals surface area contributed by atoms with Gasteiger partial charge in [0.25, 0.3) is 5.56 Å². The van der Waals surface area contributed by atoms with Crippen molar-refractivity contribution in [2.24, 2.45) is 7.05 Å². The van der Waals surface area contributed by atoms with E-state index < -0.39 is 0 Å². The fraction of sp³-hybridized carbons (Fsp3) is 0.333. The van der Waals surface area contributed by atoms with Crippen LogP contribution in [0.4, 0.5) is 21.6 Å². The number of nitrogens with zero attached hydrogens (tertiary/aromatic N) is 2. The highest BCUT2D eigenvalue weighted by molar-refractivity contribution is 8.01. The van der Waals surface area contributed by atoms with Gasteiger partial charge >= 0.3 is 0 Å². The van der Waals surface area contributed by atoms with Crippen LogP contribution in [-0.2, 0) is 7.05 Å². The maximum absolute atomic E-state index is 14.4. The standard InChI is InChI=1S/C22H22ClFN4OS.C2H6/c1-12-4-6-17(16(24)8-12)26-21-18(9-13(2)22(29)28(21)3)27-30-19-10-15(19)14-5-7-20(23)25-11-14;1-2/h4-9,11,15,19,26-27H,10H2,1-3H3;1-2H3. The van der Waals surface area contributed by atoms with E-state index in [0.29, 0.717) is 33.4 Å². The first-order chi connectivity index (χ1) is 15.3. The number of nitrogens with one attached hydrogen (secondary N) is 2. The van der Waals surface area contributed by atoms with Gasteiger partial charge in [0.1, 0.15) is 16.8 Å². The largest absolute Gasteiger partial charge is 0.337 e. The molecule has 0 saturated heterocycles. The van der Waals surface area contributed by atoms with Crippen LogP contribution in [0.1, 0.15) is 42.9 Å². The van der Waals surface area contributed by atoms with E-state index in [0.717, 1.165) is 23.2 Å². The zero-order chi connectivity index (χ0) is 23.4. The summed E-state index contributed by atoms with van der Waals surface area (Å²) in [5, 5.41) is 3.96. The van der Waals surface area contributed by atoms with Crippen molar-refractivity contribution in [2.45, 2.75) is 45.3 Å². The summed E-state index contributed by atoms with van der Waals surface area (Å²) in [5.74, 6) is 0.567. The van der Waals surface area contributed by atoms with E-state index in [1.54, 1.807) is 44.1 Å². The molecule has 1 fully saturated rings. The summed E-state index contributed by atoms with van der Waals surface area (Å²) in [6.45, 7) is 7.61. The Balaban J connectivity index is 0.00000141. The minimum atomic E-state index is -0.362. The number of halogens is 2. The Morgan fingerprint density at radius 1 is 1.16 bits per heavy atom. The van der Waals surface area contributed by atoms with Crippen LogP contribution < -0.4 is 15.6 Å². The molecule has 4 rings (SSSR count). The molecule has 2 unspecified atom stereocenters. The van der Waals surface area contributed by atoms with Gasteiger partial charge < -0.3 is 10.0 Å². The molecule has 0 radical (unpaired) electrons. The van der Waals surface area contributed by atoms with Crippen molar-refractivity contribution in [1.82, 2.24) is 9.55 Å². The van der Waals surface area contributed by atoms with E-state index in [2.05, 4.69) is 15.0 Å². The van der Waals surface area contributed by atoms with Crippen LogP contribution in [0.3, 0.4) is 0 Å². The Kier molecular flexibility index (Phi) is 7.85. The molecule has 1 aromatic carbocycles. The monoisotopic (exact) mass is 474 g/mol. The molecule has 0 bridgehead atoms. The van der Waals surface area contributed by atoms with Gasteiger partial charge in [0, 0.05) is 30.0 Å². The van der Waals surface area contributed by atoms with Crippen molar-refractivity contribution in [2.75, 3.05) is 10.0 Å². The Morgan fingerprint density at radius 2 is 1.91 bits per heavy atom. The summed E-state index contributed by atoms with van der Waals surface area (Å²) in [6.07, 6.45) is 2.85. The maximum Gasteiger partial charge on any atom is 0.254 e. The first-order valence-electron chi connectivity index (χ1n) is 10.6. The zero-order valence-corrected chi connectivity index (χ0v) is 20.4. The van der Waals surface area contributed by atoms with Gasteiger partial charge in [-0.15, -0.1) is 0 Å². The molecule has 0 spiro atoms. The van der Waals surface area contributed by atoms with E-state index in [1.807, 2.05) is 39.1 Å². The van der Waals surface area contributed by atoms with Crippen molar-refractivity contribution >= 4 is 40.7 Å². The lowest BCUT2D eigenvalue weighted by atomic mass is 10.2. The van der Waals surface area contributed by atoms with Crippen LogP contribution in [0.5, 0.6) is 0 Å². The third-order valence-corrected chi connectivity index (χ3v) is 6.59. The number of pyridine rings is 2. The first-order valence-corrected chi connectivity index (χ1v) is 11.9. The Hall–Kier alpha value is -2.51. The number of hydrogen-bond donors (Lipinski definition) is 2. The molecular formula is C24H28ClFN4OS. The fourth-order valence-corrected chi connectivity index (χ4v) is 4.54. The maximum atomic E-state index is 14.4. The molecule has 8 heteroatoms. The molecule has 5 nitrogen and oxygen atoms in total. The second-order valence-electron chi connectivity index (χ2n) is 7.58. The highest BCUT2D eigenvalue weighted by Gasteiger charge is 2.39. The van der Waals surface area contributed by atoms with Crippen molar-refractivity contribution in [3.8, 4) is 0 Å². The first kappa shape index (κ1) is 24.1. The molecule has 1 saturated carbocycles. The van der Waals surface area contributed by atoms with Crippen molar-refractivity contribution in [3.63, 3.8) is 0 Å². The minimum Gasteiger partial charge on any atom is -0.337 e. The molecule has 0 amide bonds. The predicted octanol–water partition coefficient (Wildman–Crippen LogP) is 6.58. The third kappa shape index (κ3) is 5.45. The average Bonchev–Trinajstić information content (AvgIpc) is 3.56. The lowest BCUT2D eigenvalue weighted by molar-refractivity contribution is 0.630. The molecule has 1 aliphatic rings. The van der Waals surface area contributed by atoms with Crippen LogP contribution in [0.25, 0.3) is 0 Å². The smallest absolute Gasteiger partial charge is 0.254 e. The van der Waals surface area contributed by atoms with E-state index in [9.17, 15) is 9.18 Å². The van der Waals surface area contributed by atoms with Gasteiger partial charge in [0.2, 0.25) is 0 Å². The number of hydrogen-bond acceptors (Lipinski definition) is 5. The molecule has 2 atom stereocenters. The van der Waals surface area contributed by atoms with Crippen LogP contribution in [-0.4, -0.2) is 14.8 Å². The third-order valence-electron chi connectivity index (χ3n) is 5.20. The summed E-state index contributed by atoms with van der Waals surface area (Å²) in [7, 11) is 1.68. The lowest BCUT2D eigenvalue weighted by Gasteiger charge is -2.18. The Bertz CT molecular complexity index is 1150. The molecule has 3 aromatic rings. The highest BCUT2D eigenvalue weighted by atomic mass is 35.5. The SMILES string of the molecule is CC.Cc1ccc(Nc2c(NSC3CC3c3ccc(Cl)nc3)cc(C)c(=O)n2C)c(F)c1. The molecule has 2 aromatic heterocycles. The number of aryl methyl sites for hydroxylation is 2. The second kappa shape index (κ2) is 10.4. The second-order valence-corrected chi connectivity index (χ2v) is 9.01. The van der Waals surface area contributed by atoms with Gasteiger partial charge in [-0.3, -0.25) is 9.36 Å². The highest BCUT2D eigenvalue weighted by Crippen LogP contribution is 2.49. The Labute approximate surface area is 197 Å². The topological polar surface area (TPSA) is 59.0 Å².